The van der Waals surface area contributed by atoms with E-state index in [1.54, 1.807) is 0 Å². The standard InChI is InChI=1S/C10H12F3N3/c1-2-3-4-7-14-9-6-5-8(15-16-9)10(11,12)13/h2-3,5-6H,4,7H2,1H3,(H,14,16)/b3-2+. The first-order chi connectivity index (χ1) is 7.54. The third-order valence-electron chi connectivity index (χ3n) is 1.81. The third-order valence-corrected chi connectivity index (χ3v) is 1.81. The Kier molecular flexibility index (Phi) is 4.28. The highest BCUT2D eigenvalue weighted by Gasteiger charge is 2.32. The maximum Gasteiger partial charge on any atom is 0.435 e. The van der Waals surface area contributed by atoms with E-state index >= 15 is 0 Å². The first kappa shape index (κ1) is 12.5. The van der Waals surface area contributed by atoms with Gasteiger partial charge < -0.3 is 5.32 Å². The molecular weight excluding hydrogens is 219 g/mol. The van der Waals surface area contributed by atoms with Gasteiger partial charge in [0.15, 0.2) is 5.69 Å². The highest BCUT2D eigenvalue weighted by Crippen LogP contribution is 2.26. The molecule has 0 saturated heterocycles. The summed E-state index contributed by atoms with van der Waals surface area (Å²) in [7, 11) is 0. The summed E-state index contributed by atoms with van der Waals surface area (Å²) in [6.07, 6.45) is 0.209. The minimum atomic E-state index is -4.43. The molecular formula is C10H12F3N3. The normalized spacial score (nSPS) is 12.0. The molecule has 0 aliphatic rings. The van der Waals surface area contributed by atoms with Gasteiger partial charge in [0.25, 0.3) is 0 Å². The second-order valence-electron chi connectivity index (χ2n) is 3.09. The Balaban J connectivity index is 2.52. The molecule has 1 heterocycles. The molecule has 6 heteroatoms. The van der Waals surface area contributed by atoms with Crippen molar-refractivity contribution in [3.05, 3.63) is 30.0 Å². The average Bonchev–Trinajstić information content (AvgIpc) is 2.24. The Hall–Kier alpha value is -1.59. The summed E-state index contributed by atoms with van der Waals surface area (Å²) in [6, 6.07) is 2.18. The Bertz CT molecular complexity index is 343. The van der Waals surface area contributed by atoms with Gasteiger partial charge in [-0.1, -0.05) is 12.2 Å². The molecule has 0 saturated carbocycles. The topological polar surface area (TPSA) is 37.8 Å². The van der Waals surface area contributed by atoms with Crippen LogP contribution in [-0.4, -0.2) is 16.7 Å². The van der Waals surface area contributed by atoms with Crippen LogP contribution in [0.5, 0.6) is 0 Å². The number of nitrogens with zero attached hydrogens (tertiary/aromatic N) is 2. The van der Waals surface area contributed by atoms with Crippen LogP contribution in [0.25, 0.3) is 0 Å². The molecule has 0 aliphatic carbocycles. The molecule has 0 aromatic carbocycles. The largest absolute Gasteiger partial charge is 0.435 e. The van der Waals surface area contributed by atoms with Gasteiger partial charge in [0.2, 0.25) is 0 Å². The number of anilines is 1. The van der Waals surface area contributed by atoms with Crippen LogP contribution in [0.15, 0.2) is 24.3 Å². The maximum absolute atomic E-state index is 12.1. The van der Waals surface area contributed by atoms with Gasteiger partial charge in [-0.3, -0.25) is 0 Å². The van der Waals surface area contributed by atoms with E-state index in [0.717, 1.165) is 12.5 Å². The van der Waals surface area contributed by atoms with Crippen molar-refractivity contribution in [3.63, 3.8) is 0 Å². The molecule has 0 amide bonds. The summed E-state index contributed by atoms with van der Waals surface area (Å²) in [6.45, 7) is 2.52. The SMILES string of the molecule is C/C=C/CCNc1ccc(C(F)(F)F)nn1. The van der Waals surface area contributed by atoms with E-state index in [-0.39, 0.29) is 0 Å². The van der Waals surface area contributed by atoms with Crippen molar-refractivity contribution in [2.45, 2.75) is 19.5 Å². The van der Waals surface area contributed by atoms with E-state index in [0.29, 0.717) is 12.4 Å². The summed E-state index contributed by atoms with van der Waals surface area (Å²) in [5.74, 6) is 0.345. The molecule has 0 radical (unpaired) electrons. The van der Waals surface area contributed by atoms with Gasteiger partial charge in [0.05, 0.1) is 0 Å². The lowest BCUT2D eigenvalue weighted by Gasteiger charge is -2.06. The van der Waals surface area contributed by atoms with Crippen molar-refractivity contribution in [2.24, 2.45) is 0 Å². The number of nitrogens with one attached hydrogen (secondary N) is 1. The molecule has 1 rings (SSSR count). The fraction of sp³-hybridized carbons (Fsp3) is 0.400. The van der Waals surface area contributed by atoms with Crippen LogP contribution in [0.1, 0.15) is 19.0 Å². The van der Waals surface area contributed by atoms with Gasteiger partial charge in [-0.05, 0) is 25.5 Å². The van der Waals surface area contributed by atoms with Crippen LogP contribution >= 0.6 is 0 Å². The average molecular weight is 231 g/mol. The van der Waals surface area contributed by atoms with Crippen LogP contribution in [0.2, 0.25) is 0 Å². The third kappa shape index (κ3) is 3.88. The summed E-state index contributed by atoms with van der Waals surface area (Å²) < 4.78 is 36.4. The molecule has 0 spiro atoms. The van der Waals surface area contributed by atoms with E-state index in [9.17, 15) is 13.2 Å². The number of allylic oxidation sites excluding steroid dienone is 1. The molecule has 0 fully saturated rings. The molecule has 0 bridgehead atoms. The van der Waals surface area contributed by atoms with Gasteiger partial charge in [-0.15, -0.1) is 10.2 Å². The Morgan fingerprint density at radius 2 is 2.06 bits per heavy atom. The molecule has 1 aromatic heterocycles. The van der Waals surface area contributed by atoms with Crippen molar-refractivity contribution in [1.82, 2.24) is 10.2 Å². The molecule has 0 atom stereocenters. The van der Waals surface area contributed by atoms with E-state index in [1.807, 2.05) is 19.1 Å². The smallest absolute Gasteiger partial charge is 0.368 e. The van der Waals surface area contributed by atoms with Crippen LogP contribution in [-0.2, 0) is 6.18 Å². The minimum absolute atomic E-state index is 0.345. The molecule has 16 heavy (non-hydrogen) atoms. The van der Waals surface area contributed by atoms with Gasteiger partial charge in [0, 0.05) is 6.54 Å². The maximum atomic E-state index is 12.1. The lowest BCUT2D eigenvalue weighted by molar-refractivity contribution is -0.141. The molecule has 0 aliphatic heterocycles. The molecule has 88 valence electrons. The lowest BCUT2D eigenvalue weighted by atomic mass is 10.3. The summed E-state index contributed by atoms with van der Waals surface area (Å²) in [4.78, 5) is 0. The van der Waals surface area contributed by atoms with Crippen LogP contribution < -0.4 is 5.32 Å². The lowest BCUT2D eigenvalue weighted by Crippen LogP contribution is -2.10. The number of hydrogen-bond acceptors (Lipinski definition) is 3. The molecule has 1 aromatic rings. The van der Waals surface area contributed by atoms with Gasteiger partial charge in [-0.25, -0.2) is 0 Å². The van der Waals surface area contributed by atoms with Crippen LogP contribution in [0.4, 0.5) is 19.0 Å². The molecule has 0 unspecified atom stereocenters. The summed E-state index contributed by atoms with van der Waals surface area (Å²) in [5, 5.41) is 9.40. The van der Waals surface area contributed by atoms with Gasteiger partial charge in [-0.2, -0.15) is 13.2 Å². The van der Waals surface area contributed by atoms with E-state index in [1.165, 1.54) is 6.07 Å². The fourth-order valence-corrected chi connectivity index (χ4v) is 1.03. The summed E-state index contributed by atoms with van der Waals surface area (Å²) >= 11 is 0. The van der Waals surface area contributed by atoms with Crippen molar-refractivity contribution >= 4 is 5.82 Å². The number of hydrogen-bond donors (Lipinski definition) is 1. The first-order valence-electron chi connectivity index (χ1n) is 4.80. The Labute approximate surface area is 91.4 Å². The van der Waals surface area contributed by atoms with E-state index in [4.69, 9.17) is 0 Å². The van der Waals surface area contributed by atoms with Crippen LogP contribution in [0, 0.1) is 0 Å². The monoisotopic (exact) mass is 231 g/mol. The first-order valence-corrected chi connectivity index (χ1v) is 4.80. The van der Waals surface area contributed by atoms with Gasteiger partial charge >= 0.3 is 6.18 Å². The number of rotatable bonds is 4. The minimum Gasteiger partial charge on any atom is -0.368 e. The van der Waals surface area contributed by atoms with Gasteiger partial charge in [0.1, 0.15) is 5.82 Å². The van der Waals surface area contributed by atoms with Crippen molar-refractivity contribution in [1.29, 1.82) is 0 Å². The van der Waals surface area contributed by atoms with Crippen molar-refractivity contribution < 1.29 is 13.2 Å². The number of aromatic nitrogens is 2. The second-order valence-corrected chi connectivity index (χ2v) is 3.09. The van der Waals surface area contributed by atoms with E-state index in [2.05, 4.69) is 15.5 Å². The fourth-order valence-electron chi connectivity index (χ4n) is 1.03. The zero-order chi connectivity index (χ0) is 12.0. The summed E-state index contributed by atoms with van der Waals surface area (Å²) in [5.41, 5.74) is -0.980. The van der Waals surface area contributed by atoms with Crippen LogP contribution in [0.3, 0.4) is 0 Å². The second kappa shape index (κ2) is 5.48. The molecule has 3 nitrogen and oxygen atoms in total. The quantitative estimate of drug-likeness (QED) is 0.639. The van der Waals surface area contributed by atoms with Crippen molar-refractivity contribution in [3.8, 4) is 0 Å². The Morgan fingerprint density at radius 1 is 1.31 bits per heavy atom. The number of halogens is 3. The Morgan fingerprint density at radius 3 is 2.56 bits per heavy atom. The predicted molar refractivity (Wildman–Crippen MR) is 55.0 cm³/mol. The number of alkyl halides is 3. The zero-order valence-corrected chi connectivity index (χ0v) is 8.75. The predicted octanol–water partition coefficient (Wildman–Crippen LogP) is 2.87. The zero-order valence-electron chi connectivity index (χ0n) is 8.75. The van der Waals surface area contributed by atoms with E-state index < -0.39 is 11.9 Å². The molecule has 1 N–H and O–H groups in total. The highest BCUT2D eigenvalue weighted by molar-refractivity contribution is 5.33. The highest BCUT2D eigenvalue weighted by atomic mass is 19.4. The van der Waals surface area contributed by atoms with Crippen molar-refractivity contribution in [2.75, 3.05) is 11.9 Å².